The van der Waals surface area contributed by atoms with E-state index in [0.29, 0.717) is 12.1 Å². The van der Waals surface area contributed by atoms with Gasteiger partial charge in [0.2, 0.25) is 0 Å². The summed E-state index contributed by atoms with van der Waals surface area (Å²) in [4.78, 5) is 21.3. The number of imidazole rings is 1. The molecular weight excluding hydrogens is 420 g/mol. The molecule has 2 aromatic carbocycles. The second-order valence-electron chi connectivity index (χ2n) is 7.81. The highest BCUT2D eigenvalue weighted by Gasteiger charge is 2.13. The highest BCUT2D eigenvalue weighted by molar-refractivity contribution is 7.98. The van der Waals surface area contributed by atoms with E-state index in [1.807, 2.05) is 62.5 Å². The molecule has 7 heteroatoms. The molecule has 4 rings (SSSR count). The lowest BCUT2D eigenvalue weighted by molar-refractivity contribution is 0.0943. The number of thioether (sulfide) groups is 1. The Morgan fingerprint density at radius 2 is 1.78 bits per heavy atom. The number of nitrogens with one attached hydrogen (secondary N) is 1. The molecule has 0 unspecified atom stereocenters. The third-order valence-electron chi connectivity index (χ3n) is 5.02. The monoisotopic (exact) mass is 446 g/mol. The van der Waals surface area contributed by atoms with Gasteiger partial charge in [-0.3, -0.25) is 9.78 Å². The van der Waals surface area contributed by atoms with Gasteiger partial charge in [0.15, 0.2) is 5.16 Å². The second-order valence-corrected chi connectivity index (χ2v) is 8.75. The molecule has 0 bridgehead atoms. The Morgan fingerprint density at radius 1 is 1.06 bits per heavy atom. The molecule has 1 amide bonds. The zero-order chi connectivity index (χ0) is 22.5. The summed E-state index contributed by atoms with van der Waals surface area (Å²) < 4.78 is 7.46. The van der Waals surface area contributed by atoms with Crippen LogP contribution in [0.4, 0.5) is 0 Å². The average Bonchev–Trinajstić information content (AvgIpc) is 3.15. The Kier molecular flexibility index (Phi) is 6.75. The van der Waals surface area contributed by atoms with Crippen molar-refractivity contribution in [2.24, 2.45) is 0 Å². The lowest BCUT2D eigenvalue weighted by atomic mass is 10.1. The van der Waals surface area contributed by atoms with Crippen LogP contribution in [0.15, 0.2) is 72.1 Å². The van der Waals surface area contributed by atoms with Crippen molar-refractivity contribution in [2.45, 2.75) is 37.3 Å². The van der Waals surface area contributed by atoms with Gasteiger partial charge < -0.3 is 14.6 Å². The van der Waals surface area contributed by atoms with Gasteiger partial charge in [-0.15, -0.1) is 0 Å². The average molecular weight is 447 g/mol. The molecule has 32 heavy (non-hydrogen) atoms. The molecule has 0 aliphatic heterocycles. The van der Waals surface area contributed by atoms with Crippen molar-refractivity contribution >= 4 is 28.7 Å². The Bertz CT molecular complexity index is 1200. The summed E-state index contributed by atoms with van der Waals surface area (Å²) in [5, 5.41) is 3.85. The predicted molar refractivity (Wildman–Crippen MR) is 128 cm³/mol. The number of rotatable bonds is 8. The summed E-state index contributed by atoms with van der Waals surface area (Å²) >= 11 is 1.68. The molecule has 2 heterocycles. The number of hydrogen-bond acceptors (Lipinski definition) is 5. The number of methoxy groups -OCH3 is 1. The molecule has 2 aromatic heterocycles. The van der Waals surface area contributed by atoms with E-state index in [1.165, 1.54) is 0 Å². The molecule has 0 fully saturated rings. The topological polar surface area (TPSA) is 69.0 Å². The lowest BCUT2D eigenvalue weighted by Crippen LogP contribution is -2.29. The first-order chi connectivity index (χ1) is 15.5. The van der Waals surface area contributed by atoms with E-state index in [0.717, 1.165) is 38.8 Å². The minimum absolute atomic E-state index is 0.0482. The fourth-order valence-corrected chi connectivity index (χ4v) is 4.34. The van der Waals surface area contributed by atoms with Crippen LogP contribution < -0.4 is 10.1 Å². The molecule has 0 spiro atoms. The summed E-state index contributed by atoms with van der Waals surface area (Å²) in [5.41, 5.74) is 4.90. The second kappa shape index (κ2) is 9.87. The van der Waals surface area contributed by atoms with Crippen molar-refractivity contribution in [1.29, 1.82) is 0 Å². The van der Waals surface area contributed by atoms with Gasteiger partial charge in [-0.25, -0.2) is 4.98 Å². The van der Waals surface area contributed by atoms with Gasteiger partial charge in [0.25, 0.3) is 5.91 Å². The van der Waals surface area contributed by atoms with Crippen LogP contribution in [0.25, 0.3) is 11.0 Å². The zero-order valence-corrected chi connectivity index (χ0v) is 19.2. The Labute approximate surface area is 192 Å². The van der Waals surface area contributed by atoms with E-state index in [9.17, 15) is 4.79 Å². The number of amides is 1. The Morgan fingerprint density at radius 3 is 2.47 bits per heavy atom. The number of pyridine rings is 1. The largest absolute Gasteiger partial charge is 0.497 e. The minimum Gasteiger partial charge on any atom is -0.497 e. The summed E-state index contributed by atoms with van der Waals surface area (Å²) in [6.07, 6.45) is 3.63. The van der Waals surface area contributed by atoms with E-state index in [2.05, 4.69) is 27.0 Å². The zero-order valence-electron chi connectivity index (χ0n) is 18.4. The molecule has 0 aliphatic carbocycles. The number of ether oxygens (including phenoxy) is 1. The first-order valence-corrected chi connectivity index (χ1v) is 11.5. The first-order valence-electron chi connectivity index (χ1n) is 10.5. The number of benzene rings is 2. The summed E-state index contributed by atoms with van der Waals surface area (Å²) in [6, 6.07) is 17.9. The summed E-state index contributed by atoms with van der Waals surface area (Å²) in [6.45, 7) is 4.61. The standard InChI is InChI=1S/C25H26N4O2S/c1-17(2)27-24(30)20-8-4-19(5-9-20)16-32-25-28-22-12-13-26-14-23(22)29(25)15-18-6-10-21(31-3)11-7-18/h4-14,17H,15-16H2,1-3H3,(H,27,30). The highest BCUT2D eigenvalue weighted by atomic mass is 32.2. The molecule has 164 valence electrons. The lowest BCUT2D eigenvalue weighted by Gasteiger charge is -2.10. The Hall–Kier alpha value is -3.32. The molecule has 0 radical (unpaired) electrons. The Balaban J connectivity index is 1.52. The minimum atomic E-state index is -0.0482. The molecule has 0 atom stereocenters. The molecule has 0 aliphatic rings. The highest BCUT2D eigenvalue weighted by Crippen LogP contribution is 2.28. The summed E-state index contributed by atoms with van der Waals surface area (Å²) in [5.74, 6) is 1.55. The van der Waals surface area contributed by atoms with Crippen molar-refractivity contribution < 1.29 is 9.53 Å². The van der Waals surface area contributed by atoms with Crippen LogP contribution in [0.1, 0.15) is 35.3 Å². The van der Waals surface area contributed by atoms with Crippen LogP contribution in [-0.4, -0.2) is 33.6 Å². The van der Waals surface area contributed by atoms with Crippen LogP contribution in [0, 0.1) is 0 Å². The summed E-state index contributed by atoms with van der Waals surface area (Å²) in [7, 11) is 1.67. The fourth-order valence-electron chi connectivity index (χ4n) is 3.37. The van der Waals surface area contributed by atoms with Gasteiger partial charge in [0.05, 0.1) is 30.9 Å². The van der Waals surface area contributed by atoms with Crippen LogP contribution in [0.3, 0.4) is 0 Å². The third-order valence-corrected chi connectivity index (χ3v) is 6.07. The molecule has 4 aromatic rings. The quantitative estimate of drug-likeness (QED) is 0.389. The number of fused-ring (bicyclic) bond motifs is 1. The smallest absolute Gasteiger partial charge is 0.251 e. The van der Waals surface area contributed by atoms with Crippen LogP contribution in [0.2, 0.25) is 0 Å². The maximum atomic E-state index is 12.2. The van der Waals surface area contributed by atoms with Crippen molar-refractivity contribution in [3.8, 4) is 5.75 Å². The molecule has 0 saturated heterocycles. The molecule has 6 nitrogen and oxygen atoms in total. The van der Waals surface area contributed by atoms with Crippen molar-refractivity contribution in [2.75, 3.05) is 7.11 Å². The molecular formula is C25H26N4O2S. The normalized spacial score (nSPS) is 11.1. The van der Waals surface area contributed by atoms with E-state index in [-0.39, 0.29) is 11.9 Å². The molecule has 1 N–H and O–H groups in total. The predicted octanol–water partition coefficient (Wildman–Crippen LogP) is 4.92. The SMILES string of the molecule is COc1ccc(Cn2c(SCc3ccc(C(=O)NC(C)C)cc3)nc3ccncc32)cc1. The van der Waals surface area contributed by atoms with Crippen LogP contribution >= 0.6 is 11.8 Å². The number of carbonyl (C=O) groups excluding carboxylic acids is 1. The first kappa shape index (κ1) is 21.9. The van der Waals surface area contributed by atoms with Crippen molar-refractivity contribution in [3.05, 3.63) is 83.7 Å². The van der Waals surface area contributed by atoms with E-state index in [4.69, 9.17) is 9.72 Å². The van der Waals surface area contributed by atoms with Gasteiger partial charge in [0.1, 0.15) is 5.75 Å². The van der Waals surface area contributed by atoms with E-state index in [1.54, 1.807) is 25.1 Å². The number of carbonyl (C=O) groups is 1. The van der Waals surface area contributed by atoms with Gasteiger partial charge in [0, 0.05) is 23.6 Å². The van der Waals surface area contributed by atoms with E-state index >= 15 is 0 Å². The van der Waals surface area contributed by atoms with E-state index < -0.39 is 0 Å². The van der Waals surface area contributed by atoms with Crippen LogP contribution in [-0.2, 0) is 12.3 Å². The van der Waals surface area contributed by atoms with Crippen LogP contribution in [0.5, 0.6) is 5.75 Å². The number of nitrogens with zero attached hydrogens (tertiary/aromatic N) is 3. The van der Waals surface area contributed by atoms with Gasteiger partial charge in [-0.2, -0.15) is 0 Å². The maximum Gasteiger partial charge on any atom is 0.251 e. The fraction of sp³-hybridized carbons (Fsp3) is 0.240. The van der Waals surface area contributed by atoms with Gasteiger partial charge in [-0.05, 0) is 55.3 Å². The number of hydrogen-bond donors (Lipinski definition) is 1. The third kappa shape index (κ3) is 5.11. The number of aromatic nitrogens is 3. The van der Waals surface area contributed by atoms with Gasteiger partial charge in [-0.1, -0.05) is 36.0 Å². The van der Waals surface area contributed by atoms with Crippen molar-refractivity contribution in [1.82, 2.24) is 19.9 Å². The van der Waals surface area contributed by atoms with Gasteiger partial charge >= 0.3 is 0 Å². The molecule has 0 saturated carbocycles. The van der Waals surface area contributed by atoms with Crippen molar-refractivity contribution in [3.63, 3.8) is 0 Å². The maximum absolute atomic E-state index is 12.2.